The van der Waals surface area contributed by atoms with E-state index < -0.39 is 0 Å². The fourth-order valence-electron chi connectivity index (χ4n) is 1.33. The van der Waals surface area contributed by atoms with Crippen LogP contribution in [0.3, 0.4) is 0 Å². The van der Waals surface area contributed by atoms with Crippen molar-refractivity contribution < 1.29 is 0 Å². The second kappa shape index (κ2) is 3.23. The van der Waals surface area contributed by atoms with Crippen molar-refractivity contribution in [2.24, 2.45) is 0 Å². The summed E-state index contributed by atoms with van der Waals surface area (Å²) in [6.07, 6.45) is 0. The van der Waals surface area contributed by atoms with Gasteiger partial charge in [-0.25, -0.2) is 0 Å². The Kier molecular flexibility index (Phi) is 2.17. The van der Waals surface area contributed by atoms with E-state index in [1.165, 1.54) is 0 Å². The Balaban J connectivity index is 2.83. The minimum absolute atomic E-state index is 0.517. The van der Waals surface area contributed by atoms with Crippen LogP contribution >= 0.6 is 23.2 Å². The molecule has 0 spiro atoms. The summed E-state index contributed by atoms with van der Waals surface area (Å²) in [5.74, 6) is 0. The molecule has 0 fully saturated rings. The SMILES string of the molecule is Nc1cc2cc(Cl)c(Cl)cc2cc1N. The van der Waals surface area contributed by atoms with Gasteiger partial charge in [0.15, 0.2) is 0 Å². The molecule has 0 aliphatic carbocycles. The lowest BCUT2D eigenvalue weighted by Gasteiger charge is -2.05. The third-order valence-corrected chi connectivity index (χ3v) is 2.80. The number of halogens is 2. The maximum absolute atomic E-state index is 5.88. The predicted octanol–water partition coefficient (Wildman–Crippen LogP) is 3.31. The Morgan fingerprint density at radius 1 is 0.714 bits per heavy atom. The van der Waals surface area contributed by atoms with Gasteiger partial charge in [-0.1, -0.05) is 23.2 Å². The first-order valence-electron chi connectivity index (χ1n) is 4.01. The van der Waals surface area contributed by atoms with Crippen molar-refractivity contribution in [1.29, 1.82) is 0 Å². The molecular formula is C10H8Cl2N2. The molecule has 0 aliphatic rings. The summed E-state index contributed by atoms with van der Waals surface area (Å²) in [7, 11) is 0. The van der Waals surface area contributed by atoms with Gasteiger partial charge in [0.25, 0.3) is 0 Å². The summed E-state index contributed by atoms with van der Waals surface area (Å²) in [6.45, 7) is 0. The van der Waals surface area contributed by atoms with Gasteiger partial charge in [0.2, 0.25) is 0 Å². The van der Waals surface area contributed by atoms with E-state index in [4.69, 9.17) is 34.7 Å². The van der Waals surface area contributed by atoms with Gasteiger partial charge in [-0.2, -0.15) is 0 Å². The van der Waals surface area contributed by atoms with Crippen LogP contribution in [0.5, 0.6) is 0 Å². The van der Waals surface area contributed by atoms with Gasteiger partial charge in [0.05, 0.1) is 21.4 Å². The summed E-state index contributed by atoms with van der Waals surface area (Å²) in [5.41, 5.74) is 12.4. The van der Waals surface area contributed by atoms with Crippen molar-refractivity contribution in [3.63, 3.8) is 0 Å². The first-order valence-corrected chi connectivity index (χ1v) is 4.77. The van der Waals surface area contributed by atoms with Crippen LogP contribution in [-0.4, -0.2) is 0 Å². The minimum Gasteiger partial charge on any atom is -0.397 e. The van der Waals surface area contributed by atoms with Gasteiger partial charge in [-0.05, 0) is 35.0 Å². The van der Waals surface area contributed by atoms with Crippen molar-refractivity contribution >= 4 is 45.3 Å². The molecule has 72 valence electrons. The summed E-state index contributed by atoms with van der Waals surface area (Å²) in [5, 5.41) is 2.91. The van der Waals surface area contributed by atoms with Crippen molar-refractivity contribution in [2.45, 2.75) is 0 Å². The van der Waals surface area contributed by atoms with Gasteiger partial charge in [-0.15, -0.1) is 0 Å². The third-order valence-electron chi connectivity index (χ3n) is 2.08. The Bertz CT molecular complexity index is 420. The number of hydrogen-bond donors (Lipinski definition) is 2. The Morgan fingerprint density at radius 3 is 1.43 bits per heavy atom. The molecule has 0 unspecified atom stereocenters. The molecule has 2 rings (SSSR count). The van der Waals surface area contributed by atoms with E-state index in [0.29, 0.717) is 21.4 Å². The highest BCUT2D eigenvalue weighted by atomic mass is 35.5. The van der Waals surface area contributed by atoms with E-state index in [9.17, 15) is 0 Å². The first kappa shape index (κ1) is 9.44. The molecule has 2 nitrogen and oxygen atoms in total. The topological polar surface area (TPSA) is 52.0 Å². The standard InChI is InChI=1S/C10H8Cl2N2/c11-7-1-5-3-9(13)10(14)4-6(5)2-8(7)12/h1-4H,13-14H2. The van der Waals surface area contributed by atoms with Gasteiger partial charge in [-0.3, -0.25) is 0 Å². The number of hydrogen-bond acceptors (Lipinski definition) is 2. The highest BCUT2D eigenvalue weighted by Gasteiger charge is 2.03. The number of benzene rings is 2. The summed E-state index contributed by atoms with van der Waals surface area (Å²) in [6, 6.07) is 7.11. The second-order valence-electron chi connectivity index (χ2n) is 3.09. The number of anilines is 2. The normalized spacial score (nSPS) is 10.7. The Hall–Kier alpha value is -1.12. The zero-order valence-electron chi connectivity index (χ0n) is 7.22. The zero-order valence-corrected chi connectivity index (χ0v) is 8.73. The molecule has 0 radical (unpaired) electrons. The highest BCUT2D eigenvalue weighted by Crippen LogP contribution is 2.31. The largest absolute Gasteiger partial charge is 0.397 e. The third kappa shape index (κ3) is 1.47. The smallest absolute Gasteiger partial charge is 0.0598 e. The molecule has 0 aromatic heterocycles. The van der Waals surface area contributed by atoms with Crippen LogP contribution in [0.1, 0.15) is 0 Å². The summed E-state index contributed by atoms with van der Waals surface area (Å²) in [4.78, 5) is 0. The molecule has 14 heavy (non-hydrogen) atoms. The van der Waals surface area contributed by atoms with E-state index in [1.54, 1.807) is 24.3 Å². The Labute approximate surface area is 91.4 Å². The molecule has 0 bridgehead atoms. The predicted molar refractivity (Wildman–Crippen MR) is 62.8 cm³/mol. The molecule has 0 amide bonds. The van der Waals surface area contributed by atoms with Crippen LogP contribution in [0.15, 0.2) is 24.3 Å². The average Bonchev–Trinajstić information content (AvgIpc) is 2.11. The van der Waals surface area contributed by atoms with Gasteiger partial charge >= 0.3 is 0 Å². The minimum atomic E-state index is 0.517. The maximum Gasteiger partial charge on any atom is 0.0598 e. The van der Waals surface area contributed by atoms with E-state index in [2.05, 4.69) is 0 Å². The molecular weight excluding hydrogens is 219 g/mol. The number of nitrogens with two attached hydrogens (primary N) is 2. The molecule has 4 N–H and O–H groups in total. The molecule has 0 saturated carbocycles. The second-order valence-corrected chi connectivity index (χ2v) is 3.91. The monoisotopic (exact) mass is 226 g/mol. The molecule has 0 heterocycles. The first-order chi connectivity index (χ1) is 6.58. The summed E-state index contributed by atoms with van der Waals surface area (Å²) >= 11 is 11.8. The Morgan fingerprint density at radius 2 is 1.07 bits per heavy atom. The van der Waals surface area contributed by atoms with Gasteiger partial charge < -0.3 is 11.5 Å². The van der Waals surface area contributed by atoms with Crippen molar-refractivity contribution in [1.82, 2.24) is 0 Å². The van der Waals surface area contributed by atoms with E-state index >= 15 is 0 Å². The molecule has 0 atom stereocenters. The van der Waals surface area contributed by atoms with Gasteiger partial charge in [0, 0.05) is 0 Å². The van der Waals surface area contributed by atoms with Crippen LogP contribution in [0.25, 0.3) is 10.8 Å². The average molecular weight is 227 g/mol. The fourth-order valence-corrected chi connectivity index (χ4v) is 1.67. The van der Waals surface area contributed by atoms with Crippen molar-refractivity contribution in [3.05, 3.63) is 34.3 Å². The van der Waals surface area contributed by atoms with Gasteiger partial charge in [0.1, 0.15) is 0 Å². The summed E-state index contributed by atoms with van der Waals surface area (Å²) < 4.78 is 0. The van der Waals surface area contributed by atoms with E-state index in [0.717, 1.165) is 10.8 Å². The zero-order chi connectivity index (χ0) is 10.3. The van der Waals surface area contributed by atoms with Crippen LogP contribution in [-0.2, 0) is 0 Å². The van der Waals surface area contributed by atoms with Crippen LogP contribution < -0.4 is 11.5 Å². The van der Waals surface area contributed by atoms with E-state index in [-0.39, 0.29) is 0 Å². The number of fused-ring (bicyclic) bond motifs is 1. The lowest BCUT2D eigenvalue weighted by atomic mass is 10.1. The molecule has 2 aromatic rings. The fraction of sp³-hybridized carbons (Fsp3) is 0. The highest BCUT2D eigenvalue weighted by molar-refractivity contribution is 6.42. The lowest BCUT2D eigenvalue weighted by molar-refractivity contribution is 1.70. The number of rotatable bonds is 0. The molecule has 2 aromatic carbocycles. The van der Waals surface area contributed by atoms with Crippen molar-refractivity contribution in [3.8, 4) is 0 Å². The maximum atomic E-state index is 5.88. The molecule has 0 aliphatic heterocycles. The molecule has 0 saturated heterocycles. The van der Waals surface area contributed by atoms with E-state index in [1.807, 2.05) is 0 Å². The lowest BCUT2D eigenvalue weighted by Crippen LogP contribution is -1.93. The quantitative estimate of drug-likeness (QED) is 0.678. The molecule has 4 heteroatoms. The van der Waals surface area contributed by atoms with Crippen LogP contribution in [0.4, 0.5) is 11.4 Å². The van der Waals surface area contributed by atoms with Crippen LogP contribution in [0, 0.1) is 0 Å². The van der Waals surface area contributed by atoms with Crippen LogP contribution in [0.2, 0.25) is 10.0 Å². The number of nitrogen functional groups attached to an aromatic ring is 2. The van der Waals surface area contributed by atoms with Crippen molar-refractivity contribution in [2.75, 3.05) is 11.5 Å².